The number of carbonyl (C=O) groups is 1. The molecule has 0 heterocycles. The summed E-state index contributed by atoms with van der Waals surface area (Å²) in [6.45, 7) is 5.22. The van der Waals surface area contributed by atoms with Crippen LogP contribution in [0.3, 0.4) is 0 Å². The molecule has 0 spiro atoms. The Morgan fingerprint density at radius 1 is 1.29 bits per heavy atom. The molecule has 0 unspecified atom stereocenters. The predicted molar refractivity (Wildman–Crippen MR) is 69.6 cm³/mol. The van der Waals surface area contributed by atoms with E-state index in [2.05, 4.69) is 18.7 Å². The van der Waals surface area contributed by atoms with Gasteiger partial charge in [-0.05, 0) is 31.6 Å². The van der Waals surface area contributed by atoms with Crippen molar-refractivity contribution >= 4 is 5.91 Å². The van der Waals surface area contributed by atoms with Crippen LogP contribution >= 0.6 is 0 Å². The summed E-state index contributed by atoms with van der Waals surface area (Å²) in [5.41, 5.74) is 5.81. The molecule has 0 aromatic carbocycles. The molecule has 0 aromatic rings. The van der Waals surface area contributed by atoms with Crippen molar-refractivity contribution < 1.29 is 4.79 Å². The molecule has 17 heavy (non-hydrogen) atoms. The first-order valence-electron chi connectivity index (χ1n) is 7.13. The van der Waals surface area contributed by atoms with Crippen molar-refractivity contribution in [2.45, 2.75) is 70.4 Å². The largest absolute Gasteiger partial charge is 0.338 e. The van der Waals surface area contributed by atoms with Gasteiger partial charge in [-0.2, -0.15) is 0 Å². The Morgan fingerprint density at radius 3 is 2.35 bits per heavy atom. The highest BCUT2D eigenvalue weighted by Crippen LogP contribution is 2.33. The van der Waals surface area contributed by atoms with Crippen LogP contribution in [0.15, 0.2) is 0 Å². The first-order chi connectivity index (χ1) is 8.03. The van der Waals surface area contributed by atoms with Gasteiger partial charge in [0.2, 0.25) is 5.91 Å². The van der Waals surface area contributed by atoms with Gasteiger partial charge in [-0.1, -0.05) is 33.1 Å². The molecule has 0 aromatic heterocycles. The second-order valence-corrected chi connectivity index (χ2v) is 6.30. The lowest BCUT2D eigenvalue weighted by molar-refractivity contribution is -0.139. The van der Waals surface area contributed by atoms with Crippen molar-refractivity contribution in [1.82, 2.24) is 4.90 Å². The average molecular weight is 238 g/mol. The molecule has 0 bridgehead atoms. The number of hydrogen-bond donors (Lipinski definition) is 1. The summed E-state index contributed by atoms with van der Waals surface area (Å²) >= 11 is 0. The zero-order valence-electron chi connectivity index (χ0n) is 11.2. The number of rotatable bonds is 4. The van der Waals surface area contributed by atoms with E-state index in [1.165, 1.54) is 19.3 Å². The van der Waals surface area contributed by atoms with E-state index >= 15 is 0 Å². The van der Waals surface area contributed by atoms with Crippen LogP contribution in [0.1, 0.15) is 58.8 Å². The fourth-order valence-electron chi connectivity index (χ4n) is 2.86. The van der Waals surface area contributed by atoms with Gasteiger partial charge in [0, 0.05) is 12.6 Å². The topological polar surface area (TPSA) is 46.3 Å². The summed E-state index contributed by atoms with van der Waals surface area (Å²) in [6.07, 6.45) is 7.58. The van der Waals surface area contributed by atoms with E-state index in [0.717, 1.165) is 32.2 Å². The second-order valence-electron chi connectivity index (χ2n) is 6.30. The number of amides is 1. The van der Waals surface area contributed by atoms with Crippen LogP contribution in [0.5, 0.6) is 0 Å². The fraction of sp³-hybridized carbons (Fsp3) is 0.929. The van der Waals surface area contributed by atoms with Gasteiger partial charge >= 0.3 is 0 Å². The second kappa shape index (κ2) is 4.97. The molecule has 98 valence electrons. The van der Waals surface area contributed by atoms with Crippen LogP contribution in [0.25, 0.3) is 0 Å². The quantitative estimate of drug-likeness (QED) is 0.817. The molecular weight excluding hydrogens is 212 g/mol. The molecule has 2 N–H and O–H groups in total. The van der Waals surface area contributed by atoms with Gasteiger partial charge in [0.1, 0.15) is 0 Å². The van der Waals surface area contributed by atoms with Crippen LogP contribution < -0.4 is 5.73 Å². The maximum absolute atomic E-state index is 12.6. The SMILES string of the molecule is CC(C)CN(C(=O)C1(N)CCCCC1)C1CC1. The lowest BCUT2D eigenvalue weighted by atomic mass is 9.81. The summed E-state index contributed by atoms with van der Waals surface area (Å²) in [5.74, 6) is 0.764. The predicted octanol–water partition coefficient (Wildman–Crippen LogP) is 2.29. The minimum absolute atomic E-state index is 0.230. The molecule has 2 fully saturated rings. The maximum Gasteiger partial charge on any atom is 0.242 e. The van der Waals surface area contributed by atoms with Gasteiger partial charge in [0.15, 0.2) is 0 Å². The first kappa shape index (κ1) is 12.9. The Kier molecular flexibility index (Phi) is 3.76. The van der Waals surface area contributed by atoms with Crippen molar-refractivity contribution in [2.75, 3.05) is 6.54 Å². The highest BCUT2D eigenvalue weighted by molar-refractivity contribution is 5.86. The van der Waals surface area contributed by atoms with Crippen molar-refractivity contribution in [2.24, 2.45) is 11.7 Å². The molecule has 0 saturated heterocycles. The average Bonchev–Trinajstić information content (AvgIpc) is 3.09. The summed E-state index contributed by atoms with van der Waals surface area (Å²) in [4.78, 5) is 14.7. The summed E-state index contributed by atoms with van der Waals surface area (Å²) < 4.78 is 0. The number of hydrogen-bond acceptors (Lipinski definition) is 2. The Hall–Kier alpha value is -0.570. The normalized spacial score (nSPS) is 23.8. The van der Waals surface area contributed by atoms with Crippen molar-refractivity contribution in [3.8, 4) is 0 Å². The van der Waals surface area contributed by atoms with E-state index in [1.807, 2.05) is 0 Å². The highest BCUT2D eigenvalue weighted by atomic mass is 16.2. The highest BCUT2D eigenvalue weighted by Gasteiger charge is 2.43. The van der Waals surface area contributed by atoms with E-state index < -0.39 is 5.54 Å². The fourth-order valence-corrected chi connectivity index (χ4v) is 2.86. The van der Waals surface area contributed by atoms with Gasteiger partial charge < -0.3 is 10.6 Å². The monoisotopic (exact) mass is 238 g/mol. The lowest BCUT2D eigenvalue weighted by Gasteiger charge is -2.37. The van der Waals surface area contributed by atoms with Gasteiger partial charge in [0.05, 0.1) is 5.54 Å². The van der Waals surface area contributed by atoms with Gasteiger partial charge in [-0.15, -0.1) is 0 Å². The van der Waals surface area contributed by atoms with Crippen LogP contribution in [0, 0.1) is 5.92 Å². The molecule has 2 aliphatic rings. The Morgan fingerprint density at radius 2 is 1.88 bits per heavy atom. The first-order valence-corrected chi connectivity index (χ1v) is 7.13. The molecular formula is C14H26N2O. The zero-order chi connectivity index (χ0) is 12.5. The van der Waals surface area contributed by atoms with Crippen LogP contribution in [0.4, 0.5) is 0 Å². The third kappa shape index (κ3) is 3.01. The molecule has 1 amide bonds. The third-order valence-electron chi connectivity index (χ3n) is 3.98. The van der Waals surface area contributed by atoms with E-state index in [9.17, 15) is 4.79 Å². The van der Waals surface area contributed by atoms with Gasteiger partial charge in [-0.3, -0.25) is 4.79 Å². The third-order valence-corrected chi connectivity index (χ3v) is 3.98. The smallest absolute Gasteiger partial charge is 0.242 e. The van der Waals surface area contributed by atoms with E-state index in [4.69, 9.17) is 5.73 Å². The molecule has 2 rings (SSSR count). The van der Waals surface area contributed by atoms with E-state index in [-0.39, 0.29) is 5.91 Å². The van der Waals surface area contributed by atoms with E-state index in [1.54, 1.807) is 0 Å². The van der Waals surface area contributed by atoms with Crippen LogP contribution in [-0.4, -0.2) is 28.9 Å². The lowest BCUT2D eigenvalue weighted by Crippen LogP contribution is -2.57. The van der Waals surface area contributed by atoms with Gasteiger partial charge in [-0.25, -0.2) is 0 Å². The number of nitrogens with zero attached hydrogens (tertiary/aromatic N) is 1. The molecule has 3 nitrogen and oxygen atoms in total. The standard InChI is InChI=1S/C14H26N2O/c1-11(2)10-16(12-6-7-12)13(17)14(15)8-4-3-5-9-14/h11-12H,3-10,15H2,1-2H3. The molecule has 0 atom stereocenters. The Balaban J connectivity index is 2.04. The minimum Gasteiger partial charge on any atom is -0.338 e. The Bertz CT molecular complexity index is 278. The van der Waals surface area contributed by atoms with Crippen molar-refractivity contribution in [3.63, 3.8) is 0 Å². The number of nitrogens with two attached hydrogens (primary N) is 1. The molecule has 3 heteroatoms. The van der Waals surface area contributed by atoms with Crippen LogP contribution in [-0.2, 0) is 4.79 Å². The van der Waals surface area contributed by atoms with Crippen LogP contribution in [0.2, 0.25) is 0 Å². The zero-order valence-corrected chi connectivity index (χ0v) is 11.2. The molecule has 0 aliphatic heterocycles. The summed E-state index contributed by atoms with van der Waals surface area (Å²) in [7, 11) is 0. The molecule has 2 aliphatic carbocycles. The minimum atomic E-state index is -0.546. The Labute approximate surface area is 105 Å². The maximum atomic E-state index is 12.6. The van der Waals surface area contributed by atoms with Gasteiger partial charge in [0.25, 0.3) is 0 Å². The summed E-state index contributed by atoms with van der Waals surface area (Å²) in [6, 6.07) is 0.493. The summed E-state index contributed by atoms with van der Waals surface area (Å²) in [5, 5.41) is 0. The van der Waals surface area contributed by atoms with Crippen molar-refractivity contribution in [3.05, 3.63) is 0 Å². The van der Waals surface area contributed by atoms with Crippen molar-refractivity contribution in [1.29, 1.82) is 0 Å². The molecule has 0 radical (unpaired) electrons. The number of carbonyl (C=O) groups excluding carboxylic acids is 1. The molecule has 2 saturated carbocycles. The van der Waals surface area contributed by atoms with E-state index in [0.29, 0.717) is 12.0 Å².